The number of benzene rings is 2. The second-order valence-corrected chi connectivity index (χ2v) is 5.37. The van der Waals surface area contributed by atoms with Gasteiger partial charge < -0.3 is 15.0 Å². The van der Waals surface area contributed by atoms with E-state index < -0.39 is 0 Å². The molecule has 0 atom stereocenters. The summed E-state index contributed by atoms with van der Waals surface area (Å²) in [5.74, 6) is 1.47. The molecule has 1 N–H and O–H groups in total. The summed E-state index contributed by atoms with van der Waals surface area (Å²) in [5.41, 5.74) is 0.711. The van der Waals surface area contributed by atoms with Crippen LogP contribution in [0.5, 0.6) is 5.75 Å². The zero-order valence-corrected chi connectivity index (χ0v) is 14.4. The number of nitrogens with one attached hydrogen (secondary N) is 1. The third-order valence-electron chi connectivity index (χ3n) is 3.64. The van der Waals surface area contributed by atoms with Crippen LogP contribution in [0.15, 0.2) is 59.6 Å². The number of nitro benzene ring substituents is 1. The molecule has 0 amide bonds. The van der Waals surface area contributed by atoms with Gasteiger partial charge in [0.25, 0.3) is 5.69 Å². The first-order chi connectivity index (χ1) is 12.1. The Labute approximate surface area is 147 Å². The standard InChI is InChI=1S/C18H22N4O3/c1-19-18(20-14-15-8-6-7-11-17(15)22(23)24)21(2)12-13-25-16-9-4-3-5-10-16/h3-11H,12-14H2,1-2H3,(H,19,20). The lowest BCUT2D eigenvalue weighted by atomic mass is 10.2. The third-order valence-corrected chi connectivity index (χ3v) is 3.64. The number of guanidine groups is 1. The van der Waals surface area contributed by atoms with Crippen molar-refractivity contribution < 1.29 is 9.66 Å². The summed E-state index contributed by atoms with van der Waals surface area (Å²) in [6, 6.07) is 16.3. The minimum absolute atomic E-state index is 0.0977. The highest BCUT2D eigenvalue weighted by molar-refractivity contribution is 5.79. The van der Waals surface area contributed by atoms with Crippen molar-refractivity contribution in [3.8, 4) is 5.75 Å². The van der Waals surface area contributed by atoms with Gasteiger partial charge in [-0.15, -0.1) is 0 Å². The van der Waals surface area contributed by atoms with E-state index in [0.717, 1.165) is 5.75 Å². The number of aliphatic imine (C=N–C) groups is 1. The number of rotatable bonds is 7. The molecule has 0 unspecified atom stereocenters. The Bertz CT molecular complexity index is 719. The van der Waals surface area contributed by atoms with Crippen molar-refractivity contribution in [2.45, 2.75) is 6.54 Å². The van der Waals surface area contributed by atoms with Crippen LogP contribution >= 0.6 is 0 Å². The van der Waals surface area contributed by atoms with Crippen molar-refractivity contribution in [2.75, 3.05) is 27.2 Å². The first kappa shape index (κ1) is 18.3. The number of para-hydroxylation sites is 2. The summed E-state index contributed by atoms with van der Waals surface area (Å²) >= 11 is 0. The molecule has 0 heterocycles. The monoisotopic (exact) mass is 342 g/mol. The zero-order chi connectivity index (χ0) is 18.1. The summed E-state index contributed by atoms with van der Waals surface area (Å²) in [6.45, 7) is 1.46. The van der Waals surface area contributed by atoms with E-state index in [2.05, 4.69) is 10.3 Å². The third kappa shape index (κ3) is 5.49. The molecular weight excluding hydrogens is 320 g/mol. The maximum Gasteiger partial charge on any atom is 0.274 e. The van der Waals surface area contributed by atoms with E-state index in [9.17, 15) is 10.1 Å². The van der Waals surface area contributed by atoms with Crippen molar-refractivity contribution in [3.63, 3.8) is 0 Å². The molecule has 0 spiro atoms. The average Bonchev–Trinajstić information content (AvgIpc) is 2.63. The molecule has 0 fully saturated rings. The highest BCUT2D eigenvalue weighted by atomic mass is 16.6. The topological polar surface area (TPSA) is 80.0 Å². The SMILES string of the molecule is CN=C(NCc1ccccc1[N+](=O)[O-])N(C)CCOc1ccccc1. The van der Waals surface area contributed by atoms with Gasteiger partial charge in [-0.25, -0.2) is 0 Å². The predicted octanol–water partition coefficient (Wildman–Crippen LogP) is 2.68. The molecule has 0 aliphatic heterocycles. The second-order valence-electron chi connectivity index (χ2n) is 5.37. The minimum Gasteiger partial charge on any atom is -0.492 e. The van der Waals surface area contributed by atoms with Crippen molar-refractivity contribution in [1.82, 2.24) is 10.2 Å². The molecule has 7 nitrogen and oxygen atoms in total. The van der Waals surface area contributed by atoms with Gasteiger partial charge in [-0.05, 0) is 12.1 Å². The Kier molecular flexibility index (Phi) is 6.76. The molecule has 25 heavy (non-hydrogen) atoms. The molecule has 132 valence electrons. The Hall–Kier alpha value is -3.09. The quantitative estimate of drug-likeness (QED) is 0.362. The Morgan fingerprint density at radius 3 is 2.56 bits per heavy atom. The van der Waals surface area contributed by atoms with E-state index in [1.54, 1.807) is 25.2 Å². The number of nitrogens with zero attached hydrogens (tertiary/aromatic N) is 3. The molecule has 7 heteroatoms. The average molecular weight is 342 g/mol. The molecule has 2 aromatic carbocycles. The van der Waals surface area contributed by atoms with Crippen LogP contribution in [0.25, 0.3) is 0 Å². The number of nitro groups is 1. The fourth-order valence-electron chi connectivity index (χ4n) is 2.32. The van der Waals surface area contributed by atoms with Crippen LogP contribution < -0.4 is 10.1 Å². The first-order valence-electron chi connectivity index (χ1n) is 7.93. The van der Waals surface area contributed by atoms with Crippen LogP contribution in [0, 0.1) is 10.1 Å². The van der Waals surface area contributed by atoms with E-state index >= 15 is 0 Å². The molecule has 0 aliphatic rings. The van der Waals surface area contributed by atoms with Crippen LogP contribution in [0.2, 0.25) is 0 Å². The van der Waals surface area contributed by atoms with Crippen molar-refractivity contribution in [3.05, 3.63) is 70.3 Å². The largest absolute Gasteiger partial charge is 0.492 e. The van der Waals surface area contributed by atoms with Crippen molar-refractivity contribution in [1.29, 1.82) is 0 Å². The molecule has 0 saturated carbocycles. The highest BCUT2D eigenvalue weighted by Gasteiger charge is 2.13. The number of hydrogen-bond donors (Lipinski definition) is 1. The summed E-state index contributed by atoms with van der Waals surface area (Å²) in [4.78, 5) is 16.8. The second kappa shape index (κ2) is 9.27. The van der Waals surface area contributed by atoms with E-state index in [1.807, 2.05) is 42.3 Å². The van der Waals surface area contributed by atoms with Crippen LogP contribution in [0.4, 0.5) is 5.69 Å². The van der Waals surface area contributed by atoms with Crippen LogP contribution in [-0.4, -0.2) is 43.0 Å². The van der Waals surface area contributed by atoms with Gasteiger partial charge >= 0.3 is 0 Å². The molecule has 0 aliphatic carbocycles. The zero-order valence-electron chi connectivity index (χ0n) is 14.4. The molecule has 0 aromatic heterocycles. The van der Waals surface area contributed by atoms with Gasteiger partial charge in [0.2, 0.25) is 0 Å². The van der Waals surface area contributed by atoms with Crippen LogP contribution in [0.1, 0.15) is 5.56 Å². The Balaban J connectivity index is 1.86. The molecular formula is C18H22N4O3. The molecule has 0 radical (unpaired) electrons. The fourth-order valence-corrected chi connectivity index (χ4v) is 2.32. The highest BCUT2D eigenvalue weighted by Crippen LogP contribution is 2.17. The van der Waals surface area contributed by atoms with Gasteiger partial charge in [-0.3, -0.25) is 15.1 Å². The van der Waals surface area contributed by atoms with E-state index in [1.165, 1.54) is 6.07 Å². The van der Waals surface area contributed by atoms with E-state index in [4.69, 9.17) is 4.74 Å². The number of likely N-dealkylation sites (N-methyl/N-ethyl adjacent to an activating group) is 1. The lowest BCUT2D eigenvalue weighted by molar-refractivity contribution is -0.385. The predicted molar refractivity (Wildman–Crippen MR) is 97.9 cm³/mol. The van der Waals surface area contributed by atoms with Gasteiger partial charge in [0.05, 0.1) is 11.5 Å². The van der Waals surface area contributed by atoms with Gasteiger partial charge in [-0.2, -0.15) is 0 Å². The van der Waals surface area contributed by atoms with Crippen molar-refractivity contribution >= 4 is 11.6 Å². The summed E-state index contributed by atoms with van der Waals surface area (Å²) < 4.78 is 5.67. The van der Waals surface area contributed by atoms with Gasteiger partial charge in [-0.1, -0.05) is 36.4 Å². The molecule has 0 bridgehead atoms. The van der Waals surface area contributed by atoms with E-state index in [0.29, 0.717) is 31.2 Å². The van der Waals surface area contributed by atoms with Gasteiger partial charge in [0, 0.05) is 32.3 Å². The molecule has 2 aromatic rings. The van der Waals surface area contributed by atoms with E-state index in [-0.39, 0.29) is 10.6 Å². The van der Waals surface area contributed by atoms with Crippen LogP contribution in [-0.2, 0) is 6.54 Å². The van der Waals surface area contributed by atoms with Crippen LogP contribution in [0.3, 0.4) is 0 Å². The molecule has 2 rings (SSSR count). The summed E-state index contributed by atoms with van der Waals surface area (Å²) in [5, 5.41) is 14.2. The summed E-state index contributed by atoms with van der Waals surface area (Å²) in [7, 11) is 3.57. The number of ether oxygens (including phenoxy) is 1. The Morgan fingerprint density at radius 1 is 1.20 bits per heavy atom. The van der Waals surface area contributed by atoms with Gasteiger partial charge in [0.1, 0.15) is 12.4 Å². The maximum atomic E-state index is 11.1. The minimum atomic E-state index is -0.378. The summed E-state index contributed by atoms with van der Waals surface area (Å²) in [6.07, 6.45) is 0. The molecule has 0 saturated heterocycles. The smallest absolute Gasteiger partial charge is 0.274 e. The van der Waals surface area contributed by atoms with Gasteiger partial charge in [0.15, 0.2) is 5.96 Å². The lowest BCUT2D eigenvalue weighted by Gasteiger charge is -2.22. The first-order valence-corrected chi connectivity index (χ1v) is 7.93. The normalized spacial score (nSPS) is 11.0. The maximum absolute atomic E-state index is 11.1. The number of hydrogen-bond acceptors (Lipinski definition) is 4. The lowest BCUT2D eigenvalue weighted by Crippen LogP contribution is -2.40. The Morgan fingerprint density at radius 2 is 1.88 bits per heavy atom. The van der Waals surface area contributed by atoms with Crippen molar-refractivity contribution in [2.24, 2.45) is 4.99 Å². The fraction of sp³-hybridized carbons (Fsp3) is 0.278.